The van der Waals surface area contributed by atoms with Crippen molar-refractivity contribution in [3.8, 4) is 5.75 Å². The van der Waals surface area contributed by atoms with Gasteiger partial charge in [0.1, 0.15) is 5.75 Å². The van der Waals surface area contributed by atoms with Crippen molar-refractivity contribution in [2.75, 3.05) is 13.7 Å². The lowest BCUT2D eigenvalue weighted by Crippen LogP contribution is -2.46. The van der Waals surface area contributed by atoms with Crippen LogP contribution >= 0.6 is 0 Å². The molecule has 2 aromatic carbocycles. The number of nitrogens with zero attached hydrogens (tertiary/aromatic N) is 1. The number of aromatic nitrogens is 1. The molecule has 1 saturated heterocycles. The van der Waals surface area contributed by atoms with Gasteiger partial charge in [-0.15, -0.1) is 0 Å². The van der Waals surface area contributed by atoms with Crippen LogP contribution in [0.3, 0.4) is 0 Å². The molecule has 0 radical (unpaired) electrons. The number of methoxy groups -OCH3 is 1. The second-order valence-corrected chi connectivity index (χ2v) is 8.54. The lowest BCUT2D eigenvalue weighted by molar-refractivity contribution is -0.131. The Labute approximate surface area is 198 Å². The first-order valence-corrected chi connectivity index (χ1v) is 11.6. The van der Waals surface area contributed by atoms with Gasteiger partial charge in [-0.2, -0.15) is 0 Å². The number of carbonyl (C=O) groups excluding carboxylic acids is 3. The predicted molar refractivity (Wildman–Crippen MR) is 129 cm³/mol. The van der Waals surface area contributed by atoms with Crippen LogP contribution in [0.15, 0.2) is 54.7 Å². The third-order valence-corrected chi connectivity index (χ3v) is 6.33. The highest BCUT2D eigenvalue weighted by Gasteiger charge is 2.44. The van der Waals surface area contributed by atoms with Crippen LogP contribution in [0, 0.1) is 5.92 Å². The molecule has 8 heteroatoms. The van der Waals surface area contributed by atoms with E-state index in [0.29, 0.717) is 12.3 Å². The van der Waals surface area contributed by atoms with Crippen molar-refractivity contribution < 1.29 is 19.1 Å². The van der Waals surface area contributed by atoms with Crippen LogP contribution in [0.2, 0.25) is 0 Å². The number of likely N-dealkylation sites (tertiary alicyclic amines) is 1. The number of unbranched alkanes of at least 4 members (excludes halogenated alkanes) is 1. The molecule has 0 aliphatic carbocycles. The summed E-state index contributed by atoms with van der Waals surface area (Å²) in [6, 6.07) is 14.8. The normalized spacial score (nSPS) is 17.7. The molecule has 1 aliphatic rings. The highest BCUT2D eigenvalue weighted by atomic mass is 16.5. The van der Waals surface area contributed by atoms with Gasteiger partial charge in [0.15, 0.2) is 0 Å². The number of fused-ring (bicyclic) bond motifs is 1. The molecule has 8 nitrogen and oxygen atoms in total. The maximum absolute atomic E-state index is 13.1. The Morgan fingerprint density at radius 2 is 1.88 bits per heavy atom. The summed E-state index contributed by atoms with van der Waals surface area (Å²) in [5.41, 5.74) is 7.74. The molecule has 2 atom stereocenters. The number of amides is 3. The van der Waals surface area contributed by atoms with Crippen molar-refractivity contribution in [1.82, 2.24) is 20.7 Å². The van der Waals surface area contributed by atoms with Crippen LogP contribution in [0.25, 0.3) is 10.9 Å². The van der Waals surface area contributed by atoms with Crippen LogP contribution in [0.1, 0.15) is 43.4 Å². The van der Waals surface area contributed by atoms with Gasteiger partial charge in [-0.05, 0) is 35.7 Å². The van der Waals surface area contributed by atoms with Gasteiger partial charge in [0, 0.05) is 30.1 Å². The van der Waals surface area contributed by atoms with Crippen molar-refractivity contribution in [1.29, 1.82) is 0 Å². The number of rotatable bonds is 8. The van der Waals surface area contributed by atoms with Gasteiger partial charge in [0.2, 0.25) is 17.7 Å². The average Bonchev–Trinajstić information content (AvgIpc) is 3.42. The molecule has 1 aromatic heterocycles. The minimum Gasteiger partial charge on any atom is -0.497 e. The van der Waals surface area contributed by atoms with E-state index in [1.54, 1.807) is 18.2 Å². The number of para-hydroxylation sites is 1. The molecule has 1 fully saturated rings. The van der Waals surface area contributed by atoms with E-state index in [4.69, 9.17) is 4.74 Å². The lowest BCUT2D eigenvalue weighted by atomic mass is 9.93. The van der Waals surface area contributed by atoms with Crippen LogP contribution in [-0.2, 0) is 20.8 Å². The van der Waals surface area contributed by atoms with Gasteiger partial charge in [-0.1, -0.05) is 43.7 Å². The zero-order chi connectivity index (χ0) is 24.1. The van der Waals surface area contributed by atoms with Crippen molar-refractivity contribution in [2.24, 2.45) is 5.92 Å². The Morgan fingerprint density at radius 1 is 1.12 bits per heavy atom. The Kier molecular flexibility index (Phi) is 7.15. The molecule has 34 heavy (non-hydrogen) atoms. The molecular formula is C26H30N4O4. The van der Waals surface area contributed by atoms with E-state index in [1.807, 2.05) is 48.5 Å². The molecule has 1 aliphatic heterocycles. The molecule has 3 N–H and O–H groups in total. The number of H-pyrrole nitrogens is 1. The van der Waals surface area contributed by atoms with Crippen molar-refractivity contribution in [3.05, 3.63) is 65.9 Å². The Bertz CT molecular complexity index is 1170. The number of hydrogen-bond donors (Lipinski definition) is 3. The Morgan fingerprint density at radius 3 is 2.62 bits per heavy atom. The van der Waals surface area contributed by atoms with Crippen LogP contribution in [0.4, 0.5) is 0 Å². The maximum atomic E-state index is 13.1. The highest BCUT2D eigenvalue weighted by molar-refractivity contribution is 5.93. The third-order valence-electron chi connectivity index (χ3n) is 6.33. The summed E-state index contributed by atoms with van der Waals surface area (Å²) in [4.78, 5) is 43.4. The van der Waals surface area contributed by atoms with Gasteiger partial charge < -0.3 is 14.6 Å². The Balaban J connectivity index is 1.45. The first-order chi connectivity index (χ1) is 16.5. The lowest BCUT2D eigenvalue weighted by Gasteiger charge is -2.28. The fourth-order valence-corrected chi connectivity index (χ4v) is 4.55. The number of carbonyl (C=O) groups is 3. The van der Waals surface area contributed by atoms with E-state index in [9.17, 15) is 14.4 Å². The molecule has 3 aromatic rings. The third kappa shape index (κ3) is 4.90. The van der Waals surface area contributed by atoms with E-state index in [0.717, 1.165) is 34.9 Å². The highest BCUT2D eigenvalue weighted by Crippen LogP contribution is 2.39. The fraction of sp³-hybridized carbons (Fsp3) is 0.346. The van der Waals surface area contributed by atoms with Crippen molar-refractivity contribution in [3.63, 3.8) is 0 Å². The standard InChI is InChI=1S/C26H30N4O4/c1-3-4-13-30-24(32)15-21(25(30)17-9-11-19(34-2)12-10-17)26(33)29-28-23(31)14-18-16-27-22-8-6-5-7-20(18)22/h5-12,16,21,25,27H,3-4,13-15H2,1-2H3,(H,28,31)(H,29,33). The SMILES string of the molecule is CCCCN1C(=O)CC(C(=O)NNC(=O)Cc2c[nH]c3ccccc23)C1c1ccc(OC)cc1. The van der Waals surface area contributed by atoms with Crippen LogP contribution in [-0.4, -0.2) is 41.3 Å². The number of hydrazine groups is 1. The Hall–Kier alpha value is -3.81. The van der Waals surface area contributed by atoms with Gasteiger partial charge in [-0.3, -0.25) is 25.2 Å². The summed E-state index contributed by atoms with van der Waals surface area (Å²) in [5, 5.41) is 0.969. The molecule has 2 unspecified atom stereocenters. The molecule has 0 saturated carbocycles. The monoisotopic (exact) mass is 462 g/mol. The number of aromatic amines is 1. The number of hydrogen-bond acceptors (Lipinski definition) is 4. The second-order valence-electron chi connectivity index (χ2n) is 8.54. The average molecular weight is 463 g/mol. The predicted octanol–water partition coefficient (Wildman–Crippen LogP) is 3.26. The fourth-order valence-electron chi connectivity index (χ4n) is 4.55. The van der Waals surface area contributed by atoms with Crippen molar-refractivity contribution in [2.45, 2.75) is 38.6 Å². The van der Waals surface area contributed by atoms with E-state index in [1.165, 1.54) is 0 Å². The number of nitrogens with one attached hydrogen (secondary N) is 3. The first kappa shape index (κ1) is 23.4. The molecule has 0 spiro atoms. The zero-order valence-electron chi connectivity index (χ0n) is 19.5. The van der Waals surface area contributed by atoms with E-state index < -0.39 is 12.0 Å². The van der Waals surface area contributed by atoms with Gasteiger partial charge in [0.25, 0.3) is 0 Å². The number of ether oxygens (including phenoxy) is 1. The summed E-state index contributed by atoms with van der Waals surface area (Å²) in [7, 11) is 1.59. The zero-order valence-corrected chi connectivity index (χ0v) is 19.5. The largest absolute Gasteiger partial charge is 0.497 e. The molecule has 2 heterocycles. The molecule has 0 bridgehead atoms. The van der Waals surface area contributed by atoms with Crippen LogP contribution < -0.4 is 15.6 Å². The number of benzene rings is 2. The van der Waals surface area contributed by atoms with E-state index >= 15 is 0 Å². The van der Waals surface area contributed by atoms with Gasteiger partial charge in [0.05, 0.1) is 25.5 Å². The van der Waals surface area contributed by atoms with E-state index in [-0.39, 0.29) is 30.6 Å². The molecule has 3 amide bonds. The maximum Gasteiger partial charge on any atom is 0.244 e. The molecule has 178 valence electrons. The van der Waals surface area contributed by atoms with E-state index in [2.05, 4.69) is 22.8 Å². The topological polar surface area (TPSA) is 104 Å². The minimum atomic E-state index is -0.605. The molecule has 4 rings (SSSR count). The minimum absolute atomic E-state index is 0.0560. The molecular weight excluding hydrogens is 432 g/mol. The summed E-state index contributed by atoms with van der Waals surface area (Å²) >= 11 is 0. The summed E-state index contributed by atoms with van der Waals surface area (Å²) in [5.74, 6) is -0.656. The quantitative estimate of drug-likeness (QED) is 0.447. The van der Waals surface area contributed by atoms with Crippen molar-refractivity contribution >= 4 is 28.6 Å². The van der Waals surface area contributed by atoms with Crippen LogP contribution in [0.5, 0.6) is 5.75 Å². The second kappa shape index (κ2) is 10.4. The first-order valence-electron chi connectivity index (χ1n) is 11.6. The summed E-state index contributed by atoms with van der Waals surface area (Å²) in [6.45, 7) is 2.65. The smallest absolute Gasteiger partial charge is 0.244 e. The summed E-state index contributed by atoms with van der Waals surface area (Å²) < 4.78 is 5.24. The van der Waals surface area contributed by atoms with Gasteiger partial charge >= 0.3 is 0 Å². The summed E-state index contributed by atoms with van der Waals surface area (Å²) in [6.07, 6.45) is 3.82. The van der Waals surface area contributed by atoms with Gasteiger partial charge in [-0.25, -0.2) is 0 Å².